The highest BCUT2D eigenvalue weighted by molar-refractivity contribution is 5.71. The Balaban J connectivity index is 4.45. The van der Waals surface area contributed by atoms with Crippen molar-refractivity contribution in [3.05, 3.63) is 48.6 Å². The molecule has 6 heteroatoms. The summed E-state index contributed by atoms with van der Waals surface area (Å²) in [5.41, 5.74) is 0. The standard InChI is InChI=1S/C54H96O6/c1-4-7-10-13-16-19-22-25-26-27-30-32-35-38-41-44-47-53(56)59-50-51(60-54(57)48-45-42-39-36-33-29-24-21-18-15-12-9-6-3)49-58-52(55)46-43-40-37-34-31-28-23-20-17-14-11-8-5-2/h26-29,31,33,39,42,51H,4-25,30,32,34-38,40-41,43-50H2,1-3H3/b27-26-,31-28-,33-29-,42-39-. The molecule has 0 rings (SSSR count). The third kappa shape index (κ3) is 46.4. The van der Waals surface area contributed by atoms with Crippen LogP contribution >= 0.6 is 0 Å². The average Bonchev–Trinajstić information content (AvgIpc) is 3.24. The summed E-state index contributed by atoms with van der Waals surface area (Å²) in [6.07, 6.45) is 58.2. The Hall–Kier alpha value is -2.63. The number of carbonyl (C=O) groups excluding carboxylic acids is 3. The molecule has 0 heterocycles. The summed E-state index contributed by atoms with van der Waals surface area (Å²) < 4.78 is 16.7. The normalized spacial score (nSPS) is 12.4. The van der Waals surface area contributed by atoms with Gasteiger partial charge in [-0.25, -0.2) is 0 Å². The Morgan fingerprint density at radius 2 is 0.633 bits per heavy atom. The minimum Gasteiger partial charge on any atom is -0.462 e. The third-order valence-corrected chi connectivity index (χ3v) is 11.0. The van der Waals surface area contributed by atoms with Crippen LogP contribution in [0.1, 0.15) is 258 Å². The fourth-order valence-corrected chi connectivity index (χ4v) is 7.13. The molecule has 0 saturated carbocycles. The third-order valence-electron chi connectivity index (χ3n) is 11.0. The van der Waals surface area contributed by atoms with E-state index in [-0.39, 0.29) is 37.5 Å². The van der Waals surface area contributed by atoms with Crippen LogP contribution in [0.4, 0.5) is 0 Å². The lowest BCUT2D eigenvalue weighted by molar-refractivity contribution is -0.166. The lowest BCUT2D eigenvalue weighted by atomic mass is 10.1. The highest BCUT2D eigenvalue weighted by atomic mass is 16.6. The Bertz CT molecular complexity index is 1060. The molecule has 348 valence electrons. The van der Waals surface area contributed by atoms with Gasteiger partial charge in [0.25, 0.3) is 0 Å². The molecule has 0 radical (unpaired) electrons. The smallest absolute Gasteiger partial charge is 0.306 e. The number of esters is 3. The van der Waals surface area contributed by atoms with E-state index in [1.54, 1.807) is 0 Å². The van der Waals surface area contributed by atoms with E-state index >= 15 is 0 Å². The number of ether oxygens (including phenoxy) is 3. The summed E-state index contributed by atoms with van der Waals surface area (Å²) in [5, 5.41) is 0. The molecule has 0 bridgehead atoms. The number of hydrogen-bond acceptors (Lipinski definition) is 6. The van der Waals surface area contributed by atoms with E-state index in [0.29, 0.717) is 19.3 Å². The van der Waals surface area contributed by atoms with Crippen molar-refractivity contribution in [2.75, 3.05) is 13.2 Å². The fraction of sp³-hybridized carbons (Fsp3) is 0.796. The first-order chi connectivity index (χ1) is 29.5. The molecule has 0 aromatic carbocycles. The summed E-state index contributed by atoms with van der Waals surface area (Å²) in [4.78, 5) is 37.9. The van der Waals surface area contributed by atoms with Gasteiger partial charge in [0, 0.05) is 19.3 Å². The van der Waals surface area contributed by atoms with Gasteiger partial charge in [0.15, 0.2) is 6.10 Å². The van der Waals surface area contributed by atoms with Gasteiger partial charge in [-0.3, -0.25) is 14.4 Å². The van der Waals surface area contributed by atoms with Gasteiger partial charge < -0.3 is 14.2 Å². The lowest BCUT2D eigenvalue weighted by Crippen LogP contribution is -2.30. The predicted molar refractivity (Wildman–Crippen MR) is 256 cm³/mol. The Kier molecular flexibility index (Phi) is 46.9. The van der Waals surface area contributed by atoms with E-state index in [1.807, 2.05) is 6.08 Å². The van der Waals surface area contributed by atoms with E-state index in [9.17, 15) is 14.4 Å². The molecule has 0 amide bonds. The number of carbonyl (C=O) groups is 3. The Morgan fingerprint density at radius 1 is 0.333 bits per heavy atom. The van der Waals surface area contributed by atoms with Gasteiger partial charge in [-0.05, 0) is 89.9 Å². The molecular weight excluding hydrogens is 745 g/mol. The molecule has 6 nitrogen and oxygen atoms in total. The molecule has 0 saturated heterocycles. The molecule has 0 N–H and O–H groups in total. The van der Waals surface area contributed by atoms with E-state index in [4.69, 9.17) is 14.2 Å². The predicted octanol–water partition coefficient (Wildman–Crippen LogP) is 16.7. The number of unbranched alkanes of at least 4 members (excludes halogenated alkanes) is 27. The van der Waals surface area contributed by atoms with E-state index < -0.39 is 6.10 Å². The maximum atomic E-state index is 12.7. The summed E-state index contributed by atoms with van der Waals surface area (Å²) in [6, 6.07) is 0. The molecule has 1 unspecified atom stereocenters. The van der Waals surface area contributed by atoms with Crippen LogP contribution < -0.4 is 0 Å². The molecule has 0 aliphatic rings. The lowest BCUT2D eigenvalue weighted by Gasteiger charge is -2.18. The molecule has 0 aliphatic carbocycles. The maximum Gasteiger partial charge on any atom is 0.306 e. The van der Waals surface area contributed by atoms with Gasteiger partial charge in [-0.2, -0.15) is 0 Å². The van der Waals surface area contributed by atoms with Gasteiger partial charge in [0.1, 0.15) is 13.2 Å². The zero-order valence-electron chi connectivity index (χ0n) is 39.7. The van der Waals surface area contributed by atoms with Crippen molar-refractivity contribution in [3.8, 4) is 0 Å². The van der Waals surface area contributed by atoms with Crippen LogP contribution in [-0.4, -0.2) is 37.2 Å². The van der Waals surface area contributed by atoms with Crippen molar-refractivity contribution in [3.63, 3.8) is 0 Å². The van der Waals surface area contributed by atoms with Gasteiger partial charge in [-0.15, -0.1) is 0 Å². The SMILES string of the molecule is CCCCCCCC/C=C\C/C=C\CCC(=O)OC(COC(=O)CCCCC/C=C\CCCCCCCC)COC(=O)CCCCCCC/C=C\CCCCCCCCC. The highest BCUT2D eigenvalue weighted by Gasteiger charge is 2.19. The second-order valence-electron chi connectivity index (χ2n) is 17.1. The Labute approximate surface area is 371 Å². The van der Waals surface area contributed by atoms with Crippen LogP contribution in [0.3, 0.4) is 0 Å². The largest absolute Gasteiger partial charge is 0.462 e. The zero-order valence-corrected chi connectivity index (χ0v) is 39.7. The van der Waals surface area contributed by atoms with Crippen LogP contribution in [0.25, 0.3) is 0 Å². The quantitative estimate of drug-likeness (QED) is 0.0263. The number of hydrogen-bond donors (Lipinski definition) is 0. The first kappa shape index (κ1) is 57.4. The van der Waals surface area contributed by atoms with Crippen LogP contribution in [0.2, 0.25) is 0 Å². The summed E-state index contributed by atoms with van der Waals surface area (Å²) >= 11 is 0. The van der Waals surface area contributed by atoms with E-state index in [2.05, 4.69) is 63.3 Å². The van der Waals surface area contributed by atoms with Gasteiger partial charge in [0.05, 0.1) is 0 Å². The zero-order chi connectivity index (χ0) is 43.7. The molecule has 60 heavy (non-hydrogen) atoms. The van der Waals surface area contributed by atoms with E-state index in [1.165, 1.54) is 141 Å². The van der Waals surface area contributed by atoms with Crippen molar-refractivity contribution < 1.29 is 28.6 Å². The minimum atomic E-state index is -0.810. The highest BCUT2D eigenvalue weighted by Crippen LogP contribution is 2.13. The van der Waals surface area contributed by atoms with Crippen LogP contribution in [-0.2, 0) is 28.6 Å². The van der Waals surface area contributed by atoms with Crippen molar-refractivity contribution in [1.82, 2.24) is 0 Å². The topological polar surface area (TPSA) is 78.9 Å². The minimum absolute atomic E-state index is 0.104. The number of rotatable bonds is 46. The molecular formula is C54H96O6. The molecule has 0 aromatic rings. The van der Waals surface area contributed by atoms with Crippen LogP contribution in [0, 0.1) is 0 Å². The molecule has 1 atom stereocenters. The van der Waals surface area contributed by atoms with Gasteiger partial charge in [-0.1, -0.05) is 198 Å². The molecule has 0 fully saturated rings. The van der Waals surface area contributed by atoms with E-state index in [0.717, 1.165) is 70.6 Å². The Morgan fingerprint density at radius 3 is 1.02 bits per heavy atom. The van der Waals surface area contributed by atoms with Crippen LogP contribution in [0.5, 0.6) is 0 Å². The fourth-order valence-electron chi connectivity index (χ4n) is 7.13. The maximum absolute atomic E-state index is 12.7. The number of allylic oxidation sites excluding steroid dienone is 8. The molecule has 0 aromatic heterocycles. The first-order valence-electron chi connectivity index (χ1n) is 25.6. The second-order valence-corrected chi connectivity index (χ2v) is 17.1. The average molecular weight is 841 g/mol. The van der Waals surface area contributed by atoms with Crippen molar-refractivity contribution in [2.45, 2.75) is 264 Å². The second kappa shape index (κ2) is 49.0. The van der Waals surface area contributed by atoms with Gasteiger partial charge in [0.2, 0.25) is 0 Å². The van der Waals surface area contributed by atoms with Crippen molar-refractivity contribution in [1.29, 1.82) is 0 Å². The molecule has 0 spiro atoms. The summed E-state index contributed by atoms with van der Waals surface area (Å²) in [6.45, 7) is 6.55. The van der Waals surface area contributed by atoms with Crippen molar-refractivity contribution in [2.24, 2.45) is 0 Å². The molecule has 0 aliphatic heterocycles. The van der Waals surface area contributed by atoms with Crippen LogP contribution in [0.15, 0.2) is 48.6 Å². The van der Waals surface area contributed by atoms with Gasteiger partial charge >= 0.3 is 17.9 Å². The first-order valence-corrected chi connectivity index (χ1v) is 25.6. The van der Waals surface area contributed by atoms with Crippen molar-refractivity contribution >= 4 is 17.9 Å². The summed E-state index contributed by atoms with van der Waals surface area (Å²) in [5.74, 6) is -0.992. The summed E-state index contributed by atoms with van der Waals surface area (Å²) in [7, 11) is 0. The monoisotopic (exact) mass is 841 g/mol.